The van der Waals surface area contributed by atoms with Crippen LogP contribution in [0.3, 0.4) is 0 Å². The Balaban J connectivity index is 1.28. The Kier molecular flexibility index (Phi) is 6.78. The first-order valence-electron chi connectivity index (χ1n) is 11.7. The zero-order chi connectivity index (χ0) is 27.1. The third-order valence-electron chi connectivity index (χ3n) is 6.42. The molecule has 1 aliphatic rings. The first-order valence-corrected chi connectivity index (χ1v) is 13.2. The van der Waals surface area contributed by atoms with Crippen LogP contribution >= 0.6 is 0 Å². The summed E-state index contributed by atoms with van der Waals surface area (Å²) in [5, 5.41) is -0.0357. The second kappa shape index (κ2) is 9.91. The molecular weight excluding hydrogens is 526 g/mol. The van der Waals surface area contributed by atoms with Crippen molar-refractivity contribution in [2.75, 3.05) is 6.54 Å². The van der Waals surface area contributed by atoms with Crippen LogP contribution in [0.15, 0.2) is 70.4 Å². The van der Waals surface area contributed by atoms with Gasteiger partial charge in [0.15, 0.2) is 11.5 Å². The maximum absolute atomic E-state index is 13.5. The summed E-state index contributed by atoms with van der Waals surface area (Å²) in [4.78, 5) is 20.4. The van der Waals surface area contributed by atoms with E-state index in [4.69, 9.17) is 4.42 Å². The lowest BCUT2D eigenvalue weighted by atomic mass is 10.0. The number of halogens is 4. The molecule has 1 fully saturated rings. The predicted molar refractivity (Wildman–Crippen MR) is 129 cm³/mol. The minimum absolute atomic E-state index is 0.0597. The van der Waals surface area contributed by atoms with Gasteiger partial charge in [-0.1, -0.05) is 18.2 Å². The van der Waals surface area contributed by atoms with Crippen LogP contribution < -0.4 is 0 Å². The molecule has 0 N–H and O–H groups in total. The van der Waals surface area contributed by atoms with E-state index < -0.39 is 33.8 Å². The van der Waals surface area contributed by atoms with Gasteiger partial charge in [-0.3, -0.25) is 9.78 Å². The summed E-state index contributed by atoms with van der Waals surface area (Å²) in [6.07, 6.45) is -1.64. The smallest absolute Gasteiger partial charge is 0.434 e. The number of furan rings is 1. The molecule has 0 amide bonds. The van der Waals surface area contributed by atoms with E-state index in [1.807, 2.05) is 0 Å². The molecular formula is C26H21F4N3O4S. The molecule has 3 heterocycles. The van der Waals surface area contributed by atoms with Crippen LogP contribution in [0.25, 0.3) is 22.2 Å². The van der Waals surface area contributed by atoms with Crippen LogP contribution in [0.1, 0.15) is 30.5 Å². The zero-order valence-corrected chi connectivity index (χ0v) is 20.6. The Labute approximate surface area is 215 Å². The molecule has 1 aliphatic heterocycles. The van der Waals surface area contributed by atoms with Gasteiger partial charge >= 0.3 is 6.18 Å². The van der Waals surface area contributed by atoms with E-state index in [0.29, 0.717) is 36.4 Å². The SMILES string of the molecule is O=C(CCc1cccc(-c2cnc(C(F)(F)F)cn2)c1)[C@@H]1CCCN1S(=O)(=O)c1cc2cc(F)ccc2o1. The van der Waals surface area contributed by atoms with Crippen LogP contribution in [0, 0.1) is 5.82 Å². The summed E-state index contributed by atoms with van der Waals surface area (Å²) in [6, 6.07) is 10.9. The number of carbonyl (C=O) groups is 1. The van der Waals surface area contributed by atoms with Crippen molar-refractivity contribution in [3.05, 3.63) is 78.0 Å². The summed E-state index contributed by atoms with van der Waals surface area (Å²) in [5.74, 6) is -0.779. The van der Waals surface area contributed by atoms with E-state index in [1.165, 1.54) is 24.3 Å². The van der Waals surface area contributed by atoms with Crippen LogP contribution in [0.5, 0.6) is 0 Å². The second-order valence-electron chi connectivity index (χ2n) is 8.97. The Morgan fingerprint density at radius 2 is 1.89 bits per heavy atom. The van der Waals surface area contributed by atoms with E-state index in [9.17, 15) is 30.8 Å². The maximum Gasteiger partial charge on any atom is 0.434 e. The number of rotatable bonds is 7. The van der Waals surface area contributed by atoms with Crippen molar-refractivity contribution >= 4 is 26.8 Å². The number of aromatic nitrogens is 2. The highest BCUT2D eigenvalue weighted by Crippen LogP contribution is 2.32. The number of carbonyl (C=O) groups excluding carboxylic acids is 1. The quantitative estimate of drug-likeness (QED) is 0.288. The number of sulfonamides is 1. The summed E-state index contributed by atoms with van der Waals surface area (Å²) >= 11 is 0. The number of nitrogens with zero attached hydrogens (tertiary/aromatic N) is 3. The van der Waals surface area contributed by atoms with Crippen molar-refractivity contribution in [3.63, 3.8) is 0 Å². The van der Waals surface area contributed by atoms with Crippen molar-refractivity contribution in [2.45, 2.75) is 43.0 Å². The van der Waals surface area contributed by atoms with Gasteiger partial charge < -0.3 is 4.42 Å². The lowest BCUT2D eigenvalue weighted by Crippen LogP contribution is -2.40. The van der Waals surface area contributed by atoms with Gasteiger partial charge in [0.2, 0.25) is 5.09 Å². The molecule has 2 aromatic heterocycles. The largest absolute Gasteiger partial charge is 0.443 e. The normalized spacial score (nSPS) is 16.8. The van der Waals surface area contributed by atoms with Crippen LogP contribution in [0.4, 0.5) is 17.6 Å². The molecule has 38 heavy (non-hydrogen) atoms. The molecule has 12 heteroatoms. The molecule has 0 aliphatic carbocycles. The molecule has 0 unspecified atom stereocenters. The minimum atomic E-state index is -4.59. The van der Waals surface area contributed by atoms with Crippen molar-refractivity contribution in [2.24, 2.45) is 0 Å². The van der Waals surface area contributed by atoms with E-state index in [-0.39, 0.29) is 35.1 Å². The first-order chi connectivity index (χ1) is 18.0. The van der Waals surface area contributed by atoms with Crippen LogP contribution in [0.2, 0.25) is 0 Å². The maximum atomic E-state index is 13.5. The van der Waals surface area contributed by atoms with Gasteiger partial charge in [-0.2, -0.15) is 17.5 Å². The zero-order valence-electron chi connectivity index (χ0n) is 19.8. The summed E-state index contributed by atoms with van der Waals surface area (Å²) in [7, 11) is -4.12. The molecule has 0 spiro atoms. The number of benzene rings is 2. The highest BCUT2D eigenvalue weighted by atomic mass is 32.2. The fourth-order valence-electron chi connectivity index (χ4n) is 4.53. The van der Waals surface area contributed by atoms with Crippen LogP contribution in [-0.4, -0.2) is 41.1 Å². The van der Waals surface area contributed by atoms with Crippen molar-refractivity contribution in [3.8, 4) is 11.3 Å². The molecule has 1 saturated heterocycles. The van der Waals surface area contributed by atoms with Crippen molar-refractivity contribution < 1.29 is 35.2 Å². The molecule has 1 atom stereocenters. The highest BCUT2D eigenvalue weighted by Gasteiger charge is 2.40. The second-order valence-corrected chi connectivity index (χ2v) is 10.8. The van der Waals surface area contributed by atoms with E-state index in [2.05, 4.69) is 9.97 Å². The first kappa shape index (κ1) is 26.0. The molecule has 0 saturated carbocycles. The molecule has 7 nitrogen and oxygen atoms in total. The average molecular weight is 548 g/mol. The average Bonchev–Trinajstić information content (AvgIpc) is 3.55. The van der Waals surface area contributed by atoms with Gasteiger partial charge in [-0.15, -0.1) is 0 Å². The number of fused-ring (bicyclic) bond motifs is 1. The fraction of sp³-hybridized carbons (Fsp3) is 0.269. The molecule has 198 valence electrons. The van der Waals surface area contributed by atoms with Crippen molar-refractivity contribution in [1.82, 2.24) is 14.3 Å². The monoisotopic (exact) mass is 547 g/mol. The third-order valence-corrected chi connectivity index (χ3v) is 8.18. The summed E-state index contributed by atoms with van der Waals surface area (Å²) in [6.45, 7) is 0.159. The van der Waals surface area contributed by atoms with E-state index >= 15 is 0 Å². The number of aryl methyl sites for hydroxylation is 1. The summed E-state index contributed by atoms with van der Waals surface area (Å²) < 4.78 is 84.9. The number of Topliss-reactive ketones (excluding diaryl/α,β-unsaturated/α-hetero) is 1. The van der Waals surface area contributed by atoms with Crippen molar-refractivity contribution in [1.29, 1.82) is 0 Å². The van der Waals surface area contributed by atoms with E-state index in [1.54, 1.807) is 24.3 Å². The Morgan fingerprint density at radius 3 is 2.63 bits per heavy atom. The minimum Gasteiger partial charge on any atom is -0.443 e. The molecule has 5 rings (SSSR count). The molecule has 0 radical (unpaired) electrons. The molecule has 0 bridgehead atoms. The Bertz CT molecular complexity index is 1600. The lowest BCUT2D eigenvalue weighted by Gasteiger charge is -2.21. The van der Waals surface area contributed by atoms with Gasteiger partial charge in [-0.05, 0) is 49.1 Å². The number of ketones is 1. The summed E-state index contributed by atoms with van der Waals surface area (Å²) in [5.41, 5.74) is 0.676. The lowest BCUT2D eigenvalue weighted by molar-refractivity contribution is -0.141. The highest BCUT2D eigenvalue weighted by molar-refractivity contribution is 7.89. The van der Waals surface area contributed by atoms with E-state index in [0.717, 1.165) is 16.1 Å². The number of hydrogen-bond donors (Lipinski definition) is 0. The van der Waals surface area contributed by atoms with Crippen LogP contribution in [-0.2, 0) is 27.4 Å². The van der Waals surface area contributed by atoms with Gasteiger partial charge in [0, 0.05) is 30.0 Å². The van der Waals surface area contributed by atoms with Gasteiger partial charge in [0.05, 0.1) is 24.1 Å². The van der Waals surface area contributed by atoms with Gasteiger partial charge in [0.1, 0.15) is 11.4 Å². The molecule has 2 aromatic carbocycles. The fourth-order valence-corrected chi connectivity index (χ4v) is 6.16. The predicted octanol–water partition coefficient (Wildman–Crippen LogP) is 5.40. The van der Waals surface area contributed by atoms with Gasteiger partial charge in [-0.25, -0.2) is 17.8 Å². The Morgan fingerprint density at radius 1 is 1.08 bits per heavy atom. The number of hydrogen-bond acceptors (Lipinski definition) is 6. The molecule has 4 aromatic rings. The third kappa shape index (κ3) is 5.18. The standard InChI is InChI=1S/C26H21F4N3O4S/c27-19-7-9-23-18(12-19)13-25(37-23)38(35,36)33-10-2-5-21(33)22(34)8-6-16-3-1-4-17(11-16)20-14-32-24(15-31-20)26(28,29)30/h1,3-4,7,9,11-15,21H,2,5-6,8,10H2/t21-/m0/s1. The topological polar surface area (TPSA) is 93.4 Å². The van der Waals surface area contributed by atoms with Gasteiger partial charge in [0.25, 0.3) is 10.0 Å². The number of alkyl halides is 3. The Hall–Kier alpha value is -3.64.